The number of pyridine rings is 1. The fourth-order valence-corrected chi connectivity index (χ4v) is 3.09. The number of carbonyl (C=O) groups is 1. The smallest absolute Gasteiger partial charge is 0.261 e. The van der Waals surface area contributed by atoms with E-state index in [0.717, 1.165) is 18.5 Å². The molecule has 0 saturated heterocycles. The van der Waals surface area contributed by atoms with Crippen molar-refractivity contribution >= 4 is 27.5 Å². The van der Waals surface area contributed by atoms with Gasteiger partial charge in [0.05, 0.1) is 5.56 Å². The van der Waals surface area contributed by atoms with Gasteiger partial charge in [0.15, 0.2) is 0 Å². The number of halogens is 1. The first-order valence-corrected chi connectivity index (χ1v) is 7.50. The van der Waals surface area contributed by atoms with E-state index in [2.05, 4.69) is 33.9 Å². The monoisotopic (exact) mass is 330 g/mol. The molecule has 1 unspecified atom stereocenters. The van der Waals surface area contributed by atoms with E-state index in [9.17, 15) is 4.79 Å². The van der Waals surface area contributed by atoms with E-state index in [4.69, 9.17) is 0 Å². The van der Waals surface area contributed by atoms with Crippen molar-refractivity contribution in [2.24, 2.45) is 0 Å². The van der Waals surface area contributed by atoms with Crippen molar-refractivity contribution in [3.63, 3.8) is 0 Å². The zero-order chi connectivity index (χ0) is 14.1. The SMILES string of the molecule is CC1CCc2ccccc2N1C(=O)c1cccnc1Br. The van der Waals surface area contributed by atoms with Gasteiger partial charge >= 0.3 is 0 Å². The molecule has 0 saturated carbocycles. The van der Waals surface area contributed by atoms with Crippen molar-refractivity contribution in [1.29, 1.82) is 0 Å². The zero-order valence-electron chi connectivity index (χ0n) is 11.2. The van der Waals surface area contributed by atoms with Gasteiger partial charge in [-0.2, -0.15) is 0 Å². The molecule has 2 heterocycles. The summed E-state index contributed by atoms with van der Waals surface area (Å²) in [5, 5.41) is 0. The fraction of sp³-hybridized carbons (Fsp3) is 0.250. The molecule has 3 nitrogen and oxygen atoms in total. The summed E-state index contributed by atoms with van der Waals surface area (Å²) < 4.78 is 0.597. The quantitative estimate of drug-likeness (QED) is 0.744. The van der Waals surface area contributed by atoms with Gasteiger partial charge in [-0.05, 0) is 59.5 Å². The van der Waals surface area contributed by atoms with Crippen molar-refractivity contribution < 1.29 is 4.79 Å². The Bertz CT molecular complexity index is 656. The summed E-state index contributed by atoms with van der Waals surface area (Å²) in [6.07, 6.45) is 3.68. The number of benzene rings is 1. The Labute approximate surface area is 126 Å². The summed E-state index contributed by atoms with van der Waals surface area (Å²) in [6, 6.07) is 11.9. The molecule has 0 spiro atoms. The molecule has 1 aromatic carbocycles. The molecule has 102 valence electrons. The van der Waals surface area contributed by atoms with Crippen molar-refractivity contribution in [3.05, 3.63) is 58.3 Å². The average Bonchev–Trinajstić information content (AvgIpc) is 2.47. The van der Waals surface area contributed by atoms with E-state index in [1.807, 2.05) is 29.2 Å². The van der Waals surface area contributed by atoms with Gasteiger partial charge in [0.1, 0.15) is 4.60 Å². The van der Waals surface area contributed by atoms with Crippen LogP contribution in [0.25, 0.3) is 0 Å². The number of amides is 1. The minimum Gasteiger partial charge on any atom is -0.305 e. The largest absolute Gasteiger partial charge is 0.305 e. The highest BCUT2D eigenvalue weighted by Crippen LogP contribution is 2.32. The minimum atomic E-state index is 0.00428. The first kappa shape index (κ1) is 13.3. The van der Waals surface area contributed by atoms with Crippen molar-refractivity contribution in [2.75, 3.05) is 4.90 Å². The third-order valence-corrected chi connectivity index (χ3v) is 4.36. The molecule has 2 aromatic rings. The number of rotatable bonds is 1. The number of para-hydroxylation sites is 1. The van der Waals surface area contributed by atoms with Crippen LogP contribution < -0.4 is 4.90 Å². The molecular formula is C16H15BrN2O. The van der Waals surface area contributed by atoms with Crippen LogP contribution in [0.3, 0.4) is 0 Å². The molecule has 0 bridgehead atoms. The predicted octanol–water partition coefficient (Wildman–Crippen LogP) is 3.83. The Morgan fingerprint density at radius 2 is 2.10 bits per heavy atom. The van der Waals surface area contributed by atoms with Crippen molar-refractivity contribution in [1.82, 2.24) is 4.98 Å². The molecule has 20 heavy (non-hydrogen) atoms. The summed E-state index contributed by atoms with van der Waals surface area (Å²) in [5.41, 5.74) is 2.86. The van der Waals surface area contributed by atoms with Crippen LogP contribution in [-0.4, -0.2) is 16.9 Å². The van der Waals surface area contributed by atoms with Crippen LogP contribution in [0.4, 0.5) is 5.69 Å². The zero-order valence-corrected chi connectivity index (χ0v) is 12.8. The molecule has 0 fully saturated rings. The molecular weight excluding hydrogens is 316 g/mol. The second kappa shape index (κ2) is 5.37. The number of carbonyl (C=O) groups excluding carboxylic acids is 1. The Kier molecular flexibility index (Phi) is 3.57. The van der Waals surface area contributed by atoms with Crippen LogP contribution in [0, 0.1) is 0 Å². The number of aromatic nitrogens is 1. The van der Waals surface area contributed by atoms with E-state index in [1.54, 1.807) is 12.3 Å². The summed E-state index contributed by atoms with van der Waals surface area (Å²) >= 11 is 3.36. The third-order valence-electron chi connectivity index (χ3n) is 3.73. The molecule has 1 aromatic heterocycles. The highest BCUT2D eigenvalue weighted by molar-refractivity contribution is 9.10. The predicted molar refractivity (Wildman–Crippen MR) is 83.0 cm³/mol. The molecule has 1 aliphatic rings. The highest BCUT2D eigenvalue weighted by Gasteiger charge is 2.29. The molecule has 0 aliphatic carbocycles. The van der Waals surface area contributed by atoms with Gasteiger partial charge in [0.25, 0.3) is 5.91 Å². The maximum Gasteiger partial charge on any atom is 0.261 e. The van der Waals surface area contributed by atoms with Gasteiger partial charge in [0.2, 0.25) is 0 Å². The van der Waals surface area contributed by atoms with Crippen LogP contribution in [0.15, 0.2) is 47.2 Å². The van der Waals surface area contributed by atoms with Gasteiger partial charge in [0, 0.05) is 17.9 Å². The first-order chi connectivity index (χ1) is 9.68. The molecule has 1 aliphatic heterocycles. The summed E-state index contributed by atoms with van der Waals surface area (Å²) in [5.74, 6) is 0.00428. The lowest BCUT2D eigenvalue weighted by Crippen LogP contribution is -2.42. The lowest BCUT2D eigenvalue weighted by Gasteiger charge is -2.35. The molecule has 4 heteroatoms. The molecule has 1 atom stereocenters. The molecule has 0 radical (unpaired) electrons. The Morgan fingerprint density at radius 3 is 2.90 bits per heavy atom. The third kappa shape index (κ3) is 2.24. The van der Waals surface area contributed by atoms with Gasteiger partial charge in [-0.25, -0.2) is 4.98 Å². The van der Waals surface area contributed by atoms with Crippen molar-refractivity contribution in [2.45, 2.75) is 25.8 Å². The van der Waals surface area contributed by atoms with E-state index >= 15 is 0 Å². The number of fused-ring (bicyclic) bond motifs is 1. The number of hydrogen-bond acceptors (Lipinski definition) is 2. The van der Waals surface area contributed by atoms with E-state index in [-0.39, 0.29) is 11.9 Å². The topological polar surface area (TPSA) is 33.2 Å². The maximum absolute atomic E-state index is 12.8. The summed E-state index contributed by atoms with van der Waals surface area (Å²) in [4.78, 5) is 18.9. The summed E-state index contributed by atoms with van der Waals surface area (Å²) in [6.45, 7) is 2.10. The number of nitrogens with zero attached hydrogens (tertiary/aromatic N) is 2. The normalized spacial score (nSPS) is 17.7. The standard InChI is InChI=1S/C16H15BrN2O/c1-11-8-9-12-5-2-3-7-14(12)19(11)16(20)13-6-4-10-18-15(13)17/h2-7,10-11H,8-9H2,1H3. The molecule has 1 amide bonds. The summed E-state index contributed by atoms with van der Waals surface area (Å²) in [7, 11) is 0. The van der Waals surface area contributed by atoms with Crippen LogP contribution in [-0.2, 0) is 6.42 Å². The van der Waals surface area contributed by atoms with Gasteiger partial charge in [-0.3, -0.25) is 4.79 Å². The molecule has 3 rings (SSSR count). The maximum atomic E-state index is 12.8. The Morgan fingerprint density at radius 1 is 1.30 bits per heavy atom. The average molecular weight is 331 g/mol. The van der Waals surface area contributed by atoms with Gasteiger partial charge in [-0.15, -0.1) is 0 Å². The van der Waals surface area contributed by atoms with Crippen LogP contribution in [0.2, 0.25) is 0 Å². The van der Waals surface area contributed by atoms with E-state index in [1.165, 1.54) is 5.56 Å². The fourth-order valence-electron chi connectivity index (χ4n) is 2.67. The second-order valence-corrected chi connectivity index (χ2v) is 5.78. The number of aryl methyl sites for hydroxylation is 1. The van der Waals surface area contributed by atoms with Crippen LogP contribution in [0.1, 0.15) is 29.3 Å². The van der Waals surface area contributed by atoms with Crippen LogP contribution >= 0.6 is 15.9 Å². The first-order valence-electron chi connectivity index (χ1n) is 6.70. The minimum absolute atomic E-state index is 0.00428. The van der Waals surface area contributed by atoms with Crippen LogP contribution in [0.5, 0.6) is 0 Å². The lowest BCUT2D eigenvalue weighted by atomic mass is 9.96. The Hall–Kier alpha value is -1.68. The molecule has 0 N–H and O–H groups in total. The second-order valence-electron chi connectivity index (χ2n) is 5.03. The van der Waals surface area contributed by atoms with Gasteiger partial charge in [-0.1, -0.05) is 18.2 Å². The number of anilines is 1. The Balaban J connectivity index is 2.05. The van der Waals surface area contributed by atoms with E-state index < -0.39 is 0 Å². The van der Waals surface area contributed by atoms with Gasteiger partial charge < -0.3 is 4.90 Å². The lowest BCUT2D eigenvalue weighted by molar-refractivity contribution is 0.0974. The number of hydrogen-bond donors (Lipinski definition) is 0. The van der Waals surface area contributed by atoms with Crippen molar-refractivity contribution in [3.8, 4) is 0 Å². The van der Waals surface area contributed by atoms with E-state index in [0.29, 0.717) is 10.2 Å². The highest BCUT2D eigenvalue weighted by atomic mass is 79.9.